The van der Waals surface area contributed by atoms with Crippen molar-refractivity contribution in [3.8, 4) is 5.75 Å². The van der Waals surface area contributed by atoms with Crippen molar-refractivity contribution in [1.29, 1.82) is 0 Å². The third-order valence-corrected chi connectivity index (χ3v) is 5.93. The smallest absolute Gasteiger partial charge is 0.128 e. The van der Waals surface area contributed by atoms with Crippen LogP contribution in [-0.4, -0.2) is 30.0 Å². The van der Waals surface area contributed by atoms with Gasteiger partial charge in [-0.25, -0.2) is 4.99 Å². The van der Waals surface area contributed by atoms with Crippen molar-refractivity contribution >= 4 is 29.0 Å². The summed E-state index contributed by atoms with van der Waals surface area (Å²) < 4.78 is 5.48. The molecule has 5 heteroatoms. The second-order valence-corrected chi connectivity index (χ2v) is 7.69. The number of hydrogen-bond acceptors (Lipinski definition) is 5. The lowest BCUT2D eigenvalue weighted by molar-refractivity contribution is 0.409. The Morgan fingerprint density at radius 3 is 2.72 bits per heavy atom. The quantitative estimate of drug-likeness (QED) is 0.868. The minimum absolute atomic E-state index is 0.0817. The SMILES string of the molecule is COc1ccccc1CNC1=Nc2ccccc2NC12CCSCC2. The first-order valence-electron chi connectivity index (χ1n) is 8.71. The van der Waals surface area contributed by atoms with Crippen molar-refractivity contribution in [3.63, 3.8) is 0 Å². The molecule has 2 heterocycles. The largest absolute Gasteiger partial charge is 0.496 e. The lowest BCUT2D eigenvalue weighted by Crippen LogP contribution is -2.55. The molecule has 0 aromatic heterocycles. The fourth-order valence-corrected chi connectivity index (χ4v) is 4.73. The number of hydrogen-bond donors (Lipinski definition) is 2. The van der Waals surface area contributed by atoms with E-state index in [1.165, 1.54) is 0 Å². The van der Waals surface area contributed by atoms with E-state index in [2.05, 4.69) is 34.9 Å². The number of fused-ring (bicyclic) bond motifs is 1. The molecule has 2 aliphatic heterocycles. The molecule has 2 aromatic rings. The van der Waals surface area contributed by atoms with Gasteiger partial charge in [-0.05, 0) is 42.5 Å². The van der Waals surface area contributed by atoms with E-state index in [0.717, 1.165) is 52.9 Å². The molecule has 0 aliphatic carbocycles. The van der Waals surface area contributed by atoms with Crippen LogP contribution in [-0.2, 0) is 6.54 Å². The van der Waals surface area contributed by atoms with Crippen LogP contribution >= 0.6 is 11.8 Å². The van der Waals surface area contributed by atoms with Crippen LogP contribution in [0.3, 0.4) is 0 Å². The fraction of sp³-hybridized carbons (Fsp3) is 0.350. The highest BCUT2D eigenvalue weighted by molar-refractivity contribution is 7.99. The van der Waals surface area contributed by atoms with Gasteiger partial charge in [0, 0.05) is 12.1 Å². The molecule has 25 heavy (non-hydrogen) atoms. The maximum absolute atomic E-state index is 5.48. The van der Waals surface area contributed by atoms with Crippen molar-refractivity contribution in [3.05, 3.63) is 54.1 Å². The molecule has 0 unspecified atom stereocenters. The predicted molar refractivity (Wildman–Crippen MR) is 106 cm³/mol. The number of thioether (sulfide) groups is 1. The minimum Gasteiger partial charge on any atom is -0.496 e. The van der Waals surface area contributed by atoms with Crippen LogP contribution in [0.25, 0.3) is 0 Å². The molecule has 0 atom stereocenters. The number of benzene rings is 2. The van der Waals surface area contributed by atoms with E-state index in [0.29, 0.717) is 6.54 Å². The van der Waals surface area contributed by atoms with Gasteiger partial charge in [0.05, 0.1) is 24.0 Å². The van der Waals surface area contributed by atoms with Crippen LogP contribution in [0.1, 0.15) is 18.4 Å². The number of para-hydroxylation sites is 3. The average molecular weight is 353 g/mol. The van der Waals surface area contributed by atoms with Gasteiger partial charge in [-0.2, -0.15) is 11.8 Å². The lowest BCUT2D eigenvalue weighted by Gasteiger charge is -2.42. The van der Waals surface area contributed by atoms with Crippen LogP contribution in [0.4, 0.5) is 11.4 Å². The molecule has 0 saturated carbocycles. The maximum Gasteiger partial charge on any atom is 0.128 e. The van der Waals surface area contributed by atoms with Gasteiger partial charge < -0.3 is 15.4 Å². The summed E-state index contributed by atoms with van der Waals surface area (Å²) in [4.78, 5) is 4.99. The van der Waals surface area contributed by atoms with E-state index >= 15 is 0 Å². The van der Waals surface area contributed by atoms with Crippen LogP contribution in [0.15, 0.2) is 53.5 Å². The predicted octanol–water partition coefficient (Wildman–Crippen LogP) is 4.21. The highest BCUT2D eigenvalue weighted by Gasteiger charge is 2.40. The average Bonchev–Trinajstić information content (AvgIpc) is 2.67. The van der Waals surface area contributed by atoms with Gasteiger partial charge in [0.15, 0.2) is 0 Å². The summed E-state index contributed by atoms with van der Waals surface area (Å²) in [6, 6.07) is 16.4. The zero-order chi connectivity index (χ0) is 17.1. The zero-order valence-electron chi connectivity index (χ0n) is 14.4. The summed E-state index contributed by atoms with van der Waals surface area (Å²) in [7, 11) is 1.72. The number of nitrogens with one attached hydrogen (secondary N) is 2. The molecular formula is C20H23N3OS. The maximum atomic E-state index is 5.48. The van der Waals surface area contributed by atoms with E-state index in [9.17, 15) is 0 Å². The van der Waals surface area contributed by atoms with Crippen molar-refractivity contribution in [2.45, 2.75) is 24.9 Å². The van der Waals surface area contributed by atoms with Crippen molar-refractivity contribution in [2.24, 2.45) is 4.99 Å². The van der Waals surface area contributed by atoms with Gasteiger partial charge in [-0.3, -0.25) is 0 Å². The molecule has 2 aliphatic rings. The number of nitrogens with zero attached hydrogens (tertiary/aromatic N) is 1. The normalized spacial score (nSPS) is 18.0. The topological polar surface area (TPSA) is 45.6 Å². The summed E-state index contributed by atoms with van der Waals surface area (Å²) in [5.41, 5.74) is 3.21. The second-order valence-electron chi connectivity index (χ2n) is 6.46. The molecule has 2 N–H and O–H groups in total. The van der Waals surface area contributed by atoms with Gasteiger partial charge >= 0.3 is 0 Å². The molecule has 0 radical (unpaired) electrons. The monoisotopic (exact) mass is 353 g/mol. The molecule has 1 spiro atoms. The Bertz CT molecular complexity index is 784. The Labute approximate surface area is 153 Å². The molecule has 1 fully saturated rings. The van der Waals surface area contributed by atoms with Gasteiger partial charge in [-0.15, -0.1) is 0 Å². The molecule has 0 bridgehead atoms. The molecule has 4 nitrogen and oxygen atoms in total. The summed E-state index contributed by atoms with van der Waals surface area (Å²) in [6.45, 7) is 0.710. The first-order chi connectivity index (χ1) is 12.3. The Morgan fingerprint density at radius 1 is 1.12 bits per heavy atom. The van der Waals surface area contributed by atoms with Crippen LogP contribution in [0.2, 0.25) is 0 Å². The number of amidine groups is 1. The van der Waals surface area contributed by atoms with Gasteiger partial charge in [0.1, 0.15) is 11.6 Å². The molecule has 2 aromatic carbocycles. The van der Waals surface area contributed by atoms with E-state index in [1.54, 1.807) is 7.11 Å². The van der Waals surface area contributed by atoms with Crippen molar-refractivity contribution < 1.29 is 4.74 Å². The van der Waals surface area contributed by atoms with Gasteiger partial charge in [0.2, 0.25) is 0 Å². The number of aliphatic imine (C=N–C) groups is 1. The summed E-state index contributed by atoms with van der Waals surface area (Å²) in [5, 5.41) is 7.40. The minimum atomic E-state index is -0.0817. The van der Waals surface area contributed by atoms with Crippen molar-refractivity contribution in [2.75, 3.05) is 23.9 Å². The van der Waals surface area contributed by atoms with Gasteiger partial charge in [0.25, 0.3) is 0 Å². The lowest BCUT2D eigenvalue weighted by atomic mass is 9.88. The fourth-order valence-electron chi connectivity index (χ4n) is 3.54. The third kappa shape index (κ3) is 3.21. The first-order valence-corrected chi connectivity index (χ1v) is 9.86. The number of methoxy groups -OCH3 is 1. The van der Waals surface area contributed by atoms with Crippen LogP contribution in [0, 0.1) is 0 Å². The first kappa shape index (κ1) is 16.3. The third-order valence-electron chi connectivity index (χ3n) is 4.95. The highest BCUT2D eigenvalue weighted by Crippen LogP contribution is 2.39. The Morgan fingerprint density at radius 2 is 1.88 bits per heavy atom. The molecule has 4 rings (SSSR count). The summed E-state index contributed by atoms with van der Waals surface area (Å²) in [5.74, 6) is 4.28. The van der Waals surface area contributed by atoms with E-state index in [1.807, 2.05) is 36.0 Å². The van der Waals surface area contributed by atoms with Crippen molar-refractivity contribution in [1.82, 2.24) is 5.32 Å². The zero-order valence-corrected chi connectivity index (χ0v) is 15.2. The molecule has 130 valence electrons. The summed E-state index contributed by atoms with van der Waals surface area (Å²) in [6.07, 6.45) is 2.17. The van der Waals surface area contributed by atoms with Gasteiger partial charge in [-0.1, -0.05) is 30.3 Å². The Hall–Kier alpha value is -2.14. The van der Waals surface area contributed by atoms with E-state index in [4.69, 9.17) is 9.73 Å². The van der Waals surface area contributed by atoms with E-state index in [-0.39, 0.29) is 5.54 Å². The molecule has 1 saturated heterocycles. The highest BCUT2D eigenvalue weighted by atomic mass is 32.2. The molecular weight excluding hydrogens is 330 g/mol. The Kier molecular flexibility index (Phi) is 4.57. The number of rotatable bonds is 3. The number of anilines is 1. The van der Waals surface area contributed by atoms with Crippen LogP contribution < -0.4 is 15.4 Å². The standard InChI is InChI=1S/C20H23N3OS/c1-24-18-9-5-2-6-15(18)14-21-19-20(10-12-25-13-11-20)23-17-8-4-3-7-16(17)22-19/h2-9,23H,10-14H2,1H3,(H,21,22). The number of ether oxygens (including phenoxy) is 1. The molecule has 0 amide bonds. The van der Waals surface area contributed by atoms with E-state index < -0.39 is 0 Å². The summed E-state index contributed by atoms with van der Waals surface area (Å²) >= 11 is 2.02. The second kappa shape index (κ2) is 7.00. The Balaban J connectivity index is 1.63. The van der Waals surface area contributed by atoms with Crippen LogP contribution in [0.5, 0.6) is 5.75 Å².